The molecule has 0 unspecified atom stereocenters. The maximum Gasteiger partial charge on any atom is 0.0835 e. The van der Waals surface area contributed by atoms with E-state index >= 15 is 0 Å². The zero-order valence-electron chi connectivity index (χ0n) is 5.92. The second-order valence-electron chi connectivity index (χ2n) is 2.00. The van der Waals surface area contributed by atoms with Crippen molar-refractivity contribution < 1.29 is 0 Å². The van der Waals surface area contributed by atoms with Crippen LogP contribution < -0.4 is 0 Å². The van der Waals surface area contributed by atoms with Gasteiger partial charge in [-0.1, -0.05) is 21.1 Å². The molecule has 0 fully saturated rings. The number of rotatable bonds is 3. The van der Waals surface area contributed by atoms with Crippen molar-refractivity contribution >= 4 is 15.9 Å². The van der Waals surface area contributed by atoms with E-state index in [9.17, 15) is 0 Å². The van der Waals surface area contributed by atoms with Crippen LogP contribution in [0.25, 0.3) is 0 Å². The van der Waals surface area contributed by atoms with E-state index in [0.29, 0.717) is 0 Å². The lowest BCUT2D eigenvalue weighted by Crippen LogP contribution is -1.93. The highest BCUT2D eigenvalue weighted by atomic mass is 79.9. The van der Waals surface area contributed by atoms with E-state index < -0.39 is 0 Å². The van der Waals surface area contributed by atoms with Crippen LogP contribution in [0.4, 0.5) is 0 Å². The SMILES string of the molecule is CCn1cc(CCBr)nn1. The predicted octanol–water partition coefficient (Wildman–Crippen LogP) is 1.24. The van der Waals surface area contributed by atoms with Gasteiger partial charge in [-0.25, -0.2) is 0 Å². The lowest BCUT2D eigenvalue weighted by Gasteiger charge is -1.87. The van der Waals surface area contributed by atoms with E-state index in [1.807, 2.05) is 17.8 Å². The van der Waals surface area contributed by atoms with Crippen LogP contribution >= 0.6 is 15.9 Å². The van der Waals surface area contributed by atoms with Gasteiger partial charge in [0.05, 0.1) is 5.69 Å². The van der Waals surface area contributed by atoms with Gasteiger partial charge in [-0.2, -0.15) is 0 Å². The van der Waals surface area contributed by atoms with Gasteiger partial charge in [0.15, 0.2) is 0 Å². The summed E-state index contributed by atoms with van der Waals surface area (Å²) in [6.07, 6.45) is 2.93. The molecule has 0 bridgehead atoms. The second kappa shape index (κ2) is 3.71. The molecule has 0 aliphatic heterocycles. The highest BCUT2D eigenvalue weighted by molar-refractivity contribution is 9.09. The van der Waals surface area contributed by atoms with E-state index in [1.165, 1.54) is 0 Å². The molecule has 10 heavy (non-hydrogen) atoms. The maximum atomic E-state index is 3.96. The zero-order chi connectivity index (χ0) is 7.40. The molecule has 0 spiro atoms. The Kier molecular flexibility index (Phi) is 2.86. The lowest BCUT2D eigenvalue weighted by molar-refractivity contribution is 0.626. The fourth-order valence-electron chi connectivity index (χ4n) is 0.704. The molecular formula is C6H10BrN3. The summed E-state index contributed by atoms with van der Waals surface area (Å²) in [4.78, 5) is 0. The van der Waals surface area contributed by atoms with Gasteiger partial charge in [0.2, 0.25) is 0 Å². The summed E-state index contributed by atoms with van der Waals surface area (Å²) >= 11 is 3.34. The summed E-state index contributed by atoms with van der Waals surface area (Å²) < 4.78 is 1.83. The van der Waals surface area contributed by atoms with E-state index in [-0.39, 0.29) is 0 Å². The molecule has 0 atom stereocenters. The summed E-state index contributed by atoms with van der Waals surface area (Å²) in [5.41, 5.74) is 1.05. The smallest absolute Gasteiger partial charge is 0.0835 e. The van der Waals surface area contributed by atoms with Crippen molar-refractivity contribution in [1.82, 2.24) is 15.0 Å². The molecule has 0 aliphatic carbocycles. The van der Waals surface area contributed by atoms with Gasteiger partial charge in [-0.15, -0.1) is 5.10 Å². The normalized spacial score (nSPS) is 10.2. The van der Waals surface area contributed by atoms with Crippen molar-refractivity contribution in [2.45, 2.75) is 19.9 Å². The Balaban J connectivity index is 2.59. The lowest BCUT2D eigenvalue weighted by atomic mass is 10.4. The van der Waals surface area contributed by atoms with Crippen molar-refractivity contribution in [3.63, 3.8) is 0 Å². The van der Waals surface area contributed by atoms with Crippen LogP contribution in [0, 0.1) is 0 Å². The third-order valence-electron chi connectivity index (χ3n) is 1.26. The monoisotopic (exact) mass is 203 g/mol. The summed E-state index contributed by atoms with van der Waals surface area (Å²) in [5.74, 6) is 0. The molecule has 0 saturated carbocycles. The van der Waals surface area contributed by atoms with E-state index in [0.717, 1.165) is 24.0 Å². The Morgan fingerprint density at radius 2 is 2.50 bits per heavy atom. The predicted molar refractivity (Wildman–Crippen MR) is 43.2 cm³/mol. The fraction of sp³-hybridized carbons (Fsp3) is 0.667. The Labute approximate surface area is 68.6 Å². The van der Waals surface area contributed by atoms with Gasteiger partial charge in [0, 0.05) is 24.5 Å². The maximum absolute atomic E-state index is 3.96. The van der Waals surface area contributed by atoms with Crippen LogP contribution in [0.2, 0.25) is 0 Å². The van der Waals surface area contributed by atoms with Gasteiger partial charge in [0.1, 0.15) is 0 Å². The molecule has 0 N–H and O–H groups in total. The first kappa shape index (κ1) is 7.72. The molecule has 1 aromatic rings. The Hall–Kier alpha value is -0.380. The first-order valence-corrected chi connectivity index (χ1v) is 4.44. The number of aryl methyl sites for hydroxylation is 2. The average molecular weight is 204 g/mol. The van der Waals surface area contributed by atoms with E-state index in [4.69, 9.17) is 0 Å². The standard InChI is InChI=1S/C6H10BrN3/c1-2-10-5-6(3-4-7)8-9-10/h5H,2-4H2,1H3. The number of hydrogen-bond donors (Lipinski definition) is 0. The number of alkyl halides is 1. The minimum atomic E-state index is 0.898. The molecule has 56 valence electrons. The van der Waals surface area contributed by atoms with Gasteiger partial charge >= 0.3 is 0 Å². The molecule has 0 radical (unpaired) electrons. The fourth-order valence-corrected chi connectivity index (χ4v) is 1.11. The summed E-state index contributed by atoms with van der Waals surface area (Å²) in [7, 11) is 0. The Morgan fingerprint density at radius 3 is 3.00 bits per heavy atom. The van der Waals surface area contributed by atoms with Crippen molar-refractivity contribution in [3.8, 4) is 0 Å². The molecular weight excluding hydrogens is 194 g/mol. The van der Waals surface area contributed by atoms with Gasteiger partial charge in [-0.3, -0.25) is 4.68 Å². The second-order valence-corrected chi connectivity index (χ2v) is 2.80. The minimum absolute atomic E-state index is 0.898. The van der Waals surface area contributed by atoms with Crippen LogP contribution in [-0.2, 0) is 13.0 Å². The third kappa shape index (κ3) is 1.80. The molecule has 0 amide bonds. The molecule has 4 heteroatoms. The number of nitrogens with zero attached hydrogens (tertiary/aromatic N) is 3. The van der Waals surface area contributed by atoms with Gasteiger partial charge in [0.25, 0.3) is 0 Å². The Bertz CT molecular complexity index is 197. The molecule has 1 aromatic heterocycles. The van der Waals surface area contributed by atoms with E-state index in [2.05, 4.69) is 26.2 Å². The molecule has 3 nitrogen and oxygen atoms in total. The van der Waals surface area contributed by atoms with Gasteiger partial charge in [-0.05, 0) is 6.92 Å². The van der Waals surface area contributed by atoms with Crippen LogP contribution in [0.5, 0.6) is 0 Å². The molecule has 0 aliphatic rings. The first-order chi connectivity index (χ1) is 4.86. The number of hydrogen-bond acceptors (Lipinski definition) is 2. The highest BCUT2D eigenvalue weighted by Gasteiger charge is 1.96. The van der Waals surface area contributed by atoms with Crippen LogP contribution in [0.1, 0.15) is 12.6 Å². The highest BCUT2D eigenvalue weighted by Crippen LogP contribution is 1.96. The molecule has 1 heterocycles. The van der Waals surface area contributed by atoms with Crippen molar-refractivity contribution in [1.29, 1.82) is 0 Å². The quantitative estimate of drug-likeness (QED) is 0.693. The largest absolute Gasteiger partial charge is 0.253 e. The first-order valence-electron chi connectivity index (χ1n) is 3.31. The summed E-state index contributed by atoms with van der Waals surface area (Å²) in [6, 6.07) is 0. The van der Waals surface area contributed by atoms with Crippen LogP contribution in [0.3, 0.4) is 0 Å². The third-order valence-corrected chi connectivity index (χ3v) is 1.66. The van der Waals surface area contributed by atoms with E-state index in [1.54, 1.807) is 0 Å². The number of aromatic nitrogens is 3. The Morgan fingerprint density at radius 1 is 1.70 bits per heavy atom. The van der Waals surface area contributed by atoms with Crippen LogP contribution in [0.15, 0.2) is 6.20 Å². The minimum Gasteiger partial charge on any atom is -0.253 e. The van der Waals surface area contributed by atoms with Crippen molar-refractivity contribution in [3.05, 3.63) is 11.9 Å². The summed E-state index contributed by atoms with van der Waals surface area (Å²) in [5, 5.41) is 8.81. The number of halogens is 1. The van der Waals surface area contributed by atoms with Crippen molar-refractivity contribution in [2.75, 3.05) is 5.33 Å². The van der Waals surface area contributed by atoms with Crippen molar-refractivity contribution in [2.24, 2.45) is 0 Å². The molecule has 1 rings (SSSR count). The molecule has 0 aromatic carbocycles. The zero-order valence-corrected chi connectivity index (χ0v) is 7.50. The average Bonchev–Trinajstić information content (AvgIpc) is 2.37. The van der Waals surface area contributed by atoms with Gasteiger partial charge < -0.3 is 0 Å². The van der Waals surface area contributed by atoms with Crippen LogP contribution in [-0.4, -0.2) is 20.3 Å². The molecule has 0 saturated heterocycles. The summed E-state index contributed by atoms with van der Waals surface area (Å²) in [6.45, 7) is 2.95. The topological polar surface area (TPSA) is 30.7 Å².